The standard InChI is InChI=1S/C22H34N2O3S.C16H25NO2.C2H6/c1-4-21(25)20-9-8-19(16-22(20)26-3)27-18-10-13-24(14-11-18)28-15-5-12-23(2)17-6-7-17;1-4-8-15(9-5-2)17(13-18)16-11-7-6-10-14(16)12-19-3;1-2/h8-9,16-18H,4-7,10-15H2,1-3H3;6-7,10-11,13,15H,4-5,8-9,12H2,1-3H3;1-2H3. The van der Waals surface area contributed by atoms with Gasteiger partial charge in [-0.25, -0.2) is 0 Å². The highest BCUT2D eigenvalue weighted by molar-refractivity contribution is 7.97. The molecule has 0 atom stereocenters. The normalized spacial score (nSPS) is 14.8. The van der Waals surface area contributed by atoms with Crippen molar-refractivity contribution in [2.75, 3.05) is 51.6 Å². The molecule has 2 aromatic rings. The molecule has 2 fully saturated rings. The molecule has 1 saturated carbocycles. The van der Waals surface area contributed by atoms with Crippen LogP contribution in [0.3, 0.4) is 0 Å². The lowest BCUT2D eigenvalue weighted by Crippen LogP contribution is -2.34. The van der Waals surface area contributed by atoms with Crippen LogP contribution in [0.25, 0.3) is 0 Å². The molecule has 0 bridgehead atoms. The average molecular weight is 700 g/mol. The van der Waals surface area contributed by atoms with Crippen LogP contribution in [0.2, 0.25) is 0 Å². The van der Waals surface area contributed by atoms with Crippen LogP contribution in [-0.4, -0.2) is 86.2 Å². The quantitative estimate of drug-likeness (QED) is 0.0587. The topological polar surface area (TPSA) is 71.6 Å². The van der Waals surface area contributed by atoms with Gasteiger partial charge in [-0.1, -0.05) is 77.6 Å². The van der Waals surface area contributed by atoms with Gasteiger partial charge in [-0.2, -0.15) is 0 Å². The lowest BCUT2D eigenvalue weighted by Gasteiger charge is -2.31. The smallest absolute Gasteiger partial charge is 0.214 e. The highest BCUT2D eigenvalue weighted by Gasteiger charge is 2.26. The zero-order valence-electron chi connectivity index (χ0n) is 31.7. The van der Waals surface area contributed by atoms with Crippen molar-refractivity contribution in [3.05, 3.63) is 53.6 Å². The molecular formula is C40H65N3O5S. The van der Waals surface area contributed by atoms with E-state index in [0.29, 0.717) is 24.3 Å². The Morgan fingerprint density at radius 2 is 1.67 bits per heavy atom. The number of ketones is 1. The largest absolute Gasteiger partial charge is 0.496 e. The molecule has 1 heterocycles. The van der Waals surface area contributed by atoms with Gasteiger partial charge in [0.15, 0.2) is 5.78 Å². The summed E-state index contributed by atoms with van der Waals surface area (Å²) in [5, 5.41) is 0. The number of anilines is 1. The van der Waals surface area contributed by atoms with E-state index in [1.165, 1.54) is 31.6 Å². The number of rotatable bonds is 20. The molecule has 0 N–H and O–H groups in total. The minimum absolute atomic E-state index is 0.0945. The number of Topliss-reactive ketones (excluding diaryl/α,β-unsaturated/α-hetero) is 1. The minimum Gasteiger partial charge on any atom is -0.496 e. The first-order valence-electron chi connectivity index (χ1n) is 18.6. The van der Waals surface area contributed by atoms with Gasteiger partial charge in [-0.15, -0.1) is 0 Å². The van der Waals surface area contributed by atoms with Crippen LogP contribution < -0.4 is 14.4 Å². The third kappa shape index (κ3) is 14.7. The van der Waals surface area contributed by atoms with Gasteiger partial charge in [0.25, 0.3) is 0 Å². The summed E-state index contributed by atoms with van der Waals surface area (Å²) in [5.74, 6) is 2.69. The number of piperidine rings is 1. The van der Waals surface area contributed by atoms with E-state index in [-0.39, 0.29) is 17.9 Å². The van der Waals surface area contributed by atoms with Crippen molar-refractivity contribution >= 4 is 29.8 Å². The first kappa shape index (κ1) is 42.6. The van der Waals surface area contributed by atoms with Gasteiger partial charge >= 0.3 is 0 Å². The number of hydrogen-bond acceptors (Lipinski definition) is 8. The van der Waals surface area contributed by atoms with Crippen molar-refractivity contribution in [2.45, 2.75) is 124 Å². The van der Waals surface area contributed by atoms with Crippen molar-refractivity contribution in [1.29, 1.82) is 0 Å². The first-order valence-corrected chi connectivity index (χ1v) is 19.6. The highest BCUT2D eigenvalue weighted by atomic mass is 32.2. The SMILES string of the molecule is CC.CCC(=O)c1ccc(OC2CCN(SCCCN(C)C3CC3)CC2)cc1OC.CCCC(CCC)N(C=O)c1ccccc1COC. The fraction of sp³-hybridized carbons (Fsp3) is 0.650. The monoisotopic (exact) mass is 699 g/mol. The lowest BCUT2D eigenvalue weighted by atomic mass is 10.0. The maximum atomic E-state index is 12.0. The number of ether oxygens (including phenoxy) is 3. The third-order valence-electron chi connectivity index (χ3n) is 8.92. The first-order chi connectivity index (χ1) is 23.9. The van der Waals surface area contributed by atoms with Gasteiger partial charge in [0.1, 0.15) is 17.6 Å². The van der Waals surface area contributed by atoms with E-state index in [9.17, 15) is 9.59 Å². The second-order valence-electron chi connectivity index (χ2n) is 12.6. The van der Waals surface area contributed by atoms with Crippen LogP contribution >= 0.6 is 11.9 Å². The van der Waals surface area contributed by atoms with E-state index < -0.39 is 0 Å². The molecule has 1 amide bonds. The van der Waals surface area contributed by atoms with Gasteiger partial charge in [0.05, 0.1) is 19.3 Å². The van der Waals surface area contributed by atoms with E-state index in [4.69, 9.17) is 14.2 Å². The van der Waals surface area contributed by atoms with E-state index in [0.717, 1.165) is 81.1 Å². The molecule has 1 aliphatic carbocycles. The fourth-order valence-electron chi connectivity index (χ4n) is 6.11. The molecule has 0 radical (unpaired) electrons. The fourth-order valence-corrected chi connectivity index (χ4v) is 7.10. The van der Waals surface area contributed by atoms with Crippen molar-refractivity contribution in [2.24, 2.45) is 0 Å². The number of para-hydroxylation sites is 1. The molecule has 276 valence electrons. The van der Waals surface area contributed by atoms with Gasteiger partial charge in [0.2, 0.25) is 6.41 Å². The number of benzene rings is 2. The molecule has 1 saturated heterocycles. The zero-order chi connectivity index (χ0) is 36.0. The molecule has 2 aromatic carbocycles. The number of carbonyl (C=O) groups excluding carboxylic acids is 2. The number of amides is 1. The maximum absolute atomic E-state index is 12.0. The van der Waals surface area contributed by atoms with E-state index in [1.807, 2.05) is 80.1 Å². The lowest BCUT2D eigenvalue weighted by molar-refractivity contribution is -0.108. The zero-order valence-corrected chi connectivity index (χ0v) is 32.6. The van der Waals surface area contributed by atoms with Crippen molar-refractivity contribution in [3.63, 3.8) is 0 Å². The van der Waals surface area contributed by atoms with Crippen LogP contribution in [0.1, 0.15) is 115 Å². The summed E-state index contributed by atoms with van der Waals surface area (Å²) in [6.45, 7) is 14.1. The van der Waals surface area contributed by atoms with Crippen molar-refractivity contribution in [3.8, 4) is 11.5 Å². The summed E-state index contributed by atoms with van der Waals surface area (Å²) in [4.78, 5) is 27.9. The van der Waals surface area contributed by atoms with Crippen molar-refractivity contribution in [1.82, 2.24) is 9.21 Å². The van der Waals surface area contributed by atoms with Gasteiger partial charge in [-0.3, -0.25) is 13.9 Å². The van der Waals surface area contributed by atoms with Crippen molar-refractivity contribution < 1.29 is 23.8 Å². The number of hydrogen-bond donors (Lipinski definition) is 0. The van der Waals surface area contributed by atoms with E-state index in [1.54, 1.807) is 14.2 Å². The number of nitrogens with zero attached hydrogens (tertiary/aromatic N) is 3. The predicted molar refractivity (Wildman–Crippen MR) is 206 cm³/mol. The van der Waals surface area contributed by atoms with Gasteiger partial charge in [-0.05, 0) is 76.7 Å². The molecule has 0 aromatic heterocycles. The van der Waals surface area contributed by atoms with Crippen LogP contribution in [0, 0.1) is 0 Å². The van der Waals surface area contributed by atoms with Crippen LogP contribution in [-0.2, 0) is 16.1 Å². The van der Waals surface area contributed by atoms with E-state index >= 15 is 0 Å². The Hall–Kier alpha value is -2.59. The number of carbonyl (C=O) groups is 2. The molecule has 0 spiro atoms. The molecule has 4 rings (SSSR count). The van der Waals surface area contributed by atoms with Gasteiger partial charge in [0, 0.05) is 61.8 Å². The summed E-state index contributed by atoms with van der Waals surface area (Å²) in [7, 11) is 5.53. The molecule has 9 heteroatoms. The number of methoxy groups -OCH3 is 2. The average Bonchev–Trinajstić information content (AvgIpc) is 3.99. The Morgan fingerprint density at radius 3 is 2.24 bits per heavy atom. The molecule has 2 aliphatic rings. The molecular weight excluding hydrogens is 635 g/mol. The van der Waals surface area contributed by atoms with Gasteiger partial charge < -0.3 is 24.0 Å². The second-order valence-corrected chi connectivity index (χ2v) is 13.8. The molecule has 49 heavy (non-hydrogen) atoms. The Morgan fingerprint density at radius 1 is 1.00 bits per heavy atom. The predicted octanol–water partition coefficient (Wildman–Crippen LogP) is 9.05. The molecule has 0 unspecified atom stereocenters. The summed E-state index contributed by atoms with van der Waals surface area (Å²) in [6.07, 6.45) is 12.0. The summed E-state index contributed by atoms with van der Waals surface area (Å²) in [5.41, 5.74) is 2.68. The summed E-state index contributed by atoms with van der Waals surface area (Å²) >= 11 is 1.99. The summed E-state index contributed by atoms with van der Waals surface area (Å²) in [6, 6.07) is 14.7. The van der Waals surface area contributed by atoms with E-state index in [2.05, 4.69) is 30.1 Å². The minimum atomic E-state index is 0.0945. The Bertz CT molecular complexity index is 1200. The highest BCUT2D eigenvalue weighted by Crippen LogP contribution is 2.30. The second kappa shape index (κ2) is 24.5. The Kier molecular flexibility index (Phi) is 21.3. The van der Waals surface area contributed by atoms with Crippen LogP contribution in [0.15, 0.2) is 42.5 Å². The third-order valence-corrected chi connectivity index (χ3v) is 10.1. The maximum Gasteiger partial charge on any atom is 0.214 e. The molecule has 8 nitrogen and oxygen atoms in total. The van der Waals surface area contributed by atoms with Crippen LogP contribution in [0.4, 0.5) is 5.69 Å². The Balaban J connectivity index is 0.000000347. The molecule has 1 aliphatic heterocycles. The van der Waals surface area contributed by atoms with Crippen LogP contribution in [0.5, 0.6) is 11.5 Å². The summed E-state index contributed by atoms with van der Waals surface area (Å²) < 4.78 is 19.3. The Labute approximate surface area is 302 Å².